The largest absolute Gasteiger partial charge is 0.465 e. The molecular formula is C19H28F2N2O10. The lowest BCUT2D eigenvalue weighted by atomic mass is 9.79. The summed E-state index contributed by atoms with van der Waals surface area (Å²) in [6.45, 7) is 2.85. The van der Waals surface area contributed by atoms with E-state index in [1.807, 2.05) is 0 Å². The molecule has 1 fully saturated rings. The number of alkyl halides is 2. The van der Waals surface area contributed by atoms with E-state index in [0.717, 1.165) is 34.8 Å². The number of nitrogens with one attached hydrogen (secondary N) is 1. The topological polar surface area (TPSA) is 170 Å². The molecule has 0 saturated carbocycles. The van der Waals surface area contributed by atoms with Crippen molar-refractivity contribution >= 4 is 29.8 Å². The van der Waals surface area contributed by atoms with Crippen LogP contribution in [0.15, 0.2) is 0 Å². The van der Waals surface area contributed by atoms with Crippen molar-refractivity contribution in [2.24, 2.45) is 5.73 Å². The van der Waals surface area contributed by atoms with E-state index in [1.165, 1.54) is 0 Å². The second kappa shape index (κ2) is 11.3. The van der Waals surface area contributed by atoms with E-state index in [9.17, 15) is 24.0 Å². The summed E-state index contributed by atoms with van der Waals surface area (Å²) in [5.74, 6) is -8.79. The molecule has 1 rings (SSSR count). The molecule has 3 N–H and O–H groups in total. The van der Waals surface area contributed by atoms with Crippen LogP contribution in [0.4, 0.5) is 8.78 Å². The van der Waals surface area contributed by atoms with Crippen LogP contribution in [0.1, 0.15) is 34.1 Å². The number of nitrogens with two attached hydrogens (primary N) is 1. The maximum absolute atomic E-state index is 15.6. The predicted octanol–water partition coefficient (Wildman–Crippen LogP) is -0.788. The highest BCUT2D eigenvalue weighted by Crippen LogP contribution is 2.41. The molecular weight excluding hydrogens is 454 g/mol. The highest BCUT2D eigenvalue weighted by Gasteiger charge is 2.65. The van der Waals surface area contributed by atoms with Gasteiger partial charge in [0, 0.05) is 40.7 Å². The van der Waals surface area contributed by atoms with Crippen molar-refractivity contribution in [1.29, 1.82) is 0 Å². The zero-order chi connectivity index (χ0) is 25.6. The van der Waals surface area contributed by atoms with E-state index < -0.39 is 85.2 Å². The third kappa shape index (κ3) is 7.32. The van der Waals surface area contributed by atoms with Gasteiger partial charge < -0.3 is 34.7 Å². The maximum atomic E-state index is 15.6. The summed E-state index contributed by atoms with van der Waals surface area (Å²) in [6.07, 6.45) is -8.38. The quantitative estimate of drug-likeness (QED) is 0.312. The maximum Gasteiger partial charge on any atom is 0.375 e. The minimum Gasteiger partial charge on any atom is -0.465 e. The van der Waals surface area contributed by atoms with Crippen LogP contribution in [-0.2, 0) is 47.7 Å². The standard InChI is InChI=1S/C19H28F2N2O10/c1-9(24)23-8-18(22)6-13(33-19(21,16(18)20)17(28)29-5)15(32-12(4)27)14(31-11(3)26)7-30-10(2)25/h13-16H,6-8,22H2,1-5H3,(H,23,24)/t13?,14-,15+,16?,18?,19-/m1/s1. The summed E-state index contributed by atoms with van der Waals surface area (Å²) in [6, 6.07) is 0. The van der Waals surface area contributed by atoms with Crippen molar-refractivity contribution in [2.45, 2.75) is 70.0 Å². The molecule has 0 spiro atoms. The Morgan fingerprint density at radius 3 is 2.12 bits per heavy atom. The second-order valence-corrected chi connectivity index (χ2v) is 7.53. The van der Waals surface area contributed by atoms with Gasteiger partial charge in [-0.3, -0.25) is 19.2 Å². The lowest BCUT2D eigenvalue weighted by molar-refractivity contribution is -0.284. The lowest BCUT2D eigenvalue weighted by Crippen LogP contribution is -2.72. The average molecular weight is 482 g/mol. The van der Waals surface area contributed by atoms with E-state index in [0.29, 0.717) is 0 Å². The van der Waals surface area contributed by atoms with Gasteiger partial charge in [0.25, 0.3) is 0 Å². The first kappa shape index (κ1) is 28.2. The molecule has 0 aromatic heterocycles. The second-order valence-electron chi connectivity index (χ2n) is 7.53. The number of esters is 4. The van der Waals surface area contributed by atoms with Crippen LogP contribution < -0.4 is 11.1 Å². The minimum atomic E-state index is -3.77. The molecule has 14 heteroatoms. The first-order chi connectivity index (χ1) is 15.2. The third-order valence-corrected chi connectivity index (χ3v) is 4.67. The highest BCUT2D eigenvalue weighted by atomic mass is 19.2. The molecule has 3 unspecified atom stereocenters. The van der Waals surface area contributed by atoms with Crippen LogP contribution >= 0.6 is 0 Å². The average Bonchev–Trinajstić information content (AvgIpc) is 2.70. The number of amides is 1. The molecule has 0 aromatic rings. The monoisotopic (exact) mass is 482 g/mol. The molecule has 1 heterocycles. The molecule has 0 radical (unpaired) electrons. The van der Waals surface area contributed by atoms with Gasteiger partial charge in [-0.1, -0.05) is 0 Å². The number of hydrogen-bond acceptors (Lipinski definition) is 11. The van der Waals surface area contributed by atoms with Gasteiger partial charge >= 0.3 is 29.7 Å². The number of carbonyl (C=O) groups is 5. The van der Waals surface area contributed by atoms with Gasteiger partial charge in [-0.25, -0.2) is 9.18 Å². The Balaban J connectivity index is 3.49. The lowest BCUT2D eigenvalue weighted by Gasteiger charge is -2.48. The molecule has 0 aliphatic carbocycles. The van der Waals surface area contributed by atoms with Gasteiger partial charge in [-0.15, -0.1) is 0 Å². The van der Waals surface area contributed by atoms with E-state index >= 15 is 8.78 Å². The van der Waals surface area contributed by atoms with E-state index in [1.54, 1.807) is 0 Å². The van der Waals surface area contributed by atoms with Crippen molar-refractivity contribution in [1.82, 2.24) is 5.32 Å². The Labute approximate surface area is 188 Å². The van der Waals surface area contributed by atoms with Crippen molar-refractivity contribution in [3.63, 3.8) is 0 Å². The van der Waals surface area contributed by atoms with Crippen molar-refractivity contribution < 1.29 is 56.4 Å². The smallest absolute Gasteiger partial charge is 0.375 e. The van der Waals surface area contributed by atoms with E-state index in [-0.39, 0.29) is 0 Å². The summed E-state index contributed by atoms with van der Waals surface area (Å²) in [7, 11) is 0.779. The van der Waals surface area contributed by atoms with E-state index in [2.05, 4.69) is 10.1 Å². The van der Waals surface area contributed by atoms with Gasteiger partial charge in [0.05, 0.1) is 12.6 Å². The number of halogens is 2. The Hall–Kier alpha value is -2.87. The zero-order valence-electron chi connectivity index (χ0n) is 18.8. The summed E-state index contributed by atoms with van der Waals surface area (Å²) in [5.41, 5.74) is 3.80. The van der Waals surface area contributed by atoms with Gasteiger partial charge in [-0.05, 0) is 0 Å². The summed E-state index contributed by atoms with van der Waals surface area (Å²) in [5, 5.41) is 2.24. The Morgan fingerprint density at radius 1 is 1.09 bits per heavy atom. The molecule has 1 aliphatic rings. The number of carbonyl (C=O) groups excluding carboxylic acids is 5. The third-order valence-electron chi connectivity index (χ3n) is 4.67. The molecule has 33 heavy (non-hydrogen) atoms. The first-order valence-corrected chi connectivity index (χ1v) is 9.76. The Bertz CT molecular complexity index is 782. The summed E-state index contributed by atoms with van der Waals surface area (Å²) >= 11 is 0. The van der Waals surface area contributed by atoms with Crippen LogP contribution in [0.25, 0.3) is 0 Å². The number of methoxy groups -OCH3 is 1. The summed E-state index contributed by atoms with van der Waals surface area (Å²) in [4.78, 5) is 58.0. The molecule has 0 aromatic carbocycles. The molecule has 188 valence electrons. The molecule has 1 aliphatic heterocycles. The Kier molecular flexibility index (Phi) is 9.66. The van der Waals surface area contributed by atoms with Gasteiger partial charge in [0.2, 0.25) is 5.91 Å². The fourth-order valence-electron chi connectivity index (χ4n) is 3.29. The van der Waals surface area contributed by atoms with Crippen LogP contribution in [-0.4, -0.2) is 85.9 Å². The van der Waals surface area contributed by atoms with Gasteiger partial charge in [0.1, 0.15) is 12.7 Å². The Morgan fingerprint density at radius 2 is 1.67 bits per heavy atom. The summed E-state index contributed by atoms with van der Waals surface area (Å²) < 4.78 is 55.1. The normalized spacial score (nSPS) is 28.6. The predicted molar refractivity (Wildman–Crippen MR) is 104 cm³/mol. The first-order valence-electron chi connectivity index (χ1n) is 9.76. The zero-order valence-corrected chi connectivity index (χ0v) is 18.8. The number of ether oxygens (including phenoxy) is 5. The van der Waals surface area contributed by atoms with Gasteiger partial charge in [-0.2, -0.15) is 4.39 Å². The highest BCUT2D eigenvalue weighted by molar-refractivity contribution is 5.79. The molecule has 12 nitrogen and oxygen atoms in total. The van der Waals surface area contributed by atoms with Crippen molar-refractivity contribution in [3.8, 4) is 0 Å². The number of rotatable bonds is 9. The molecule has 6 atom stereocenters. The minimum absolute atomic E-state index is 0.618. The molecule has 0 bridgehead atoms. The fourth-order valence-corrected chi connectivity index (χ4v) is 3.29. The van der Waals surface area contributed by atoms with E-state index in [4.69, 9.17) is 24.7 Å². The fraction of sp³-hybridized carbons (Fsp3) is 0.737. The number of hydrogen-bond donors (Lipinski definition) is 2. The molecule has 1 amide bonds. The van der Waals surface area contributed by atoms with Crippen molar-refractivity contribution in [3.05, 3.63) is 0 Å². The van der Waals surface area contributed by atoms with Crippen LogP contribution in [0.2, 0.25) is 0 Å². The molecule has 1 saturated heterocycles. The van der Waals surface area contributed by atoms with Crippen LogP contribution in [0.3, 0.4) is 0 Å². The van der Waals surface area contributed by atoms with Crippen molar-refractivity contribution in [2.75, 3.05) is 20.3 Å². The van der Waals surface area contributed by atoms with Crippen LogP contribution in [0, 0.1) is 0 Å². The van der Waals surface area contributed by atoms with Crippen LogP contribution in [0.5, 0.6) is 0 Å². The SMILES string of the molecule is COC(=O)[C@]1(F)OC([C@H](OC(C)=O)[C@@H](COC(C)=O)OC(C)=O)CC(N)(CNC(C)=O)C1F. The van der Waals surface area contributed by atoms with Gasteiger partial charge in [0.15, 0.2) is 18.4 Å².